The van der Waals surface area contributed by atoms with Gasteiger partial charge in [0.15, 0.2) is 5.76 Å². The monoisotopic (exact) mass is 410 g/mol. The number of benzene rings is 2. The largest absolute Gasteiger partial charge is 0.486 e. The van der Waals surface area contributed by atoms with Crippen molar-refractivity contribution in [2.24, 2.45) is 0 Å². The number of carbonyl (C=O) groups is 1. The van der Waals surface area contributed by atoms with Crippen LogP contribution in [0.1, 0.15) is 11.3 Å². The van der Waals surface area contributed by atoms with E-state index in [9.17, 15) is 4.79 Å². The Bertz CT molecular complexity index is 943. The molecule has 0 spiro atoms. The molecule has 0 aliphatic carbocycles. The summed E-state index contributed by atoms with van der Waals surface area (Å²) in [6.45, 7) is 1.02. The summed E-state index contributed by atoms with van der Waals surface area (Å²) >= 11 is 1.75. The number of hydrogen-bond acceptors (Lipinski definition) is 7. The first-order chi connectivity index (χ1) is 14.2. The molecule has 1 fully saturated rings. The van der Waals surface area contributed by atoms with Crippen molar-refractivity contribution in [1.82, 2.24) is 10.1 Å². The zero-order valence-corrected chi connectivity index (χ0v) is 16.9. The molecule has 1 saturated heterocycles. The van der Waals surface area contributed by atoms with Gasteiger partial charge in [0.2, 0.25) is 0 Å². The molecule has 29 heavy (non-hydrogen) atoms. The highest BCUT2D eigenvalue weighted by Crippen LogP contribution is 2.25. The molecule has 4 rings (SSSR count). The summed E-state index contributed by atoms with van der Waals surface area (Å²) in [7, 11) is 1.44. The number of ether oxygens (including phenoxy) is 2. The van der Waals surface area contributed by atoms with Gasteiger partial charge < -0.3 is 14.0 Å². The maximum absolute atomic E-state index is 11.9. The minimum absolute atomic E-state index is 0.170. The molecule has 0 amide bonds. The Morgan fingerprint density at radius 1 is 1.21 bits per heavy atom. The van der Waals surface area contributed by atoms with Crippen molar-refractivity contribution in [1.29, 1.82) is 0 Å². The molecule has 1 aromatic heterocycles. The second-order valence-electron chi connectivity index (χ2n) is 6.76. The molecule has 7 heteroatoms. The molecule has 1 atom stereocenters. The Hall–Kier alpha value is -2.77. The molecule has 3 aromatic rings. The lowest BCUT2D eigenvalue weighted by molar-refractivity contribution is -0.145. The third-order valence-electron chi connectivity index (χ3n) is 4.77. The molecule has 1 aliphatic heterocycles. The van der Waals surface area contributed by atoms with Gasteiger partial charge in [0.25, 0.3) is 0 Å². The van der Waals surface area contributed by atoms with E-state index in [-0.39, 0.29) is 12.0 Å². The number of hydrogen-bond donors (Lipinski definition) is 0. The summed E-state index contributed by atoms with van der Waals surface area (Å²) < 4.78 is 16.1. The van der Waals surface area contributed by atoms with Gasteiger partial charge in [-0.1, -0.05) is 47.6 Å². The molecule has 0 N–H and O–H groups in total. The Labute approximate surface area is 173 Å². The van der Waals surface area contributed by atoms with Crippen molar-refractivity contribution < 1.29 is 18.8 Å². The average molecular weight is 410 g/mol. The molecular formula is C22H22N2O4S. The molecule has 0 radical (unpaired) electrons. The second kappa shape index (κ2) is 9.15. The predicted molar refractivity (Wildman–Crippen MR) is 111 cm³/mol. The number of esters is 1. The maximum Gasteiger partial charge on any atom is 0.323 e. The van der Waals surface area contributed by atoms with E-state index in [0.717, 1.165) is 34.2 Å². The van der Waals surface area contributed by atoms with E-state index in [0.29, 0.717) is 18.9 Å². The summed E-state index contributed by atoms with van der Waals surface area (Å²) in [4.78, 5) is 14.0. The maximum atomic E-state index is 11.9. The van der Waals surface area contributed by atoms with Gasteiger partial charge in [0.1, 0.15) is 24.1 Å². The lowest BCUT2D eigenvalue weighted by Gasteiger charge is -2.21. The SMILES string of the molecule is COC(=O)C1CSCN1Cc1ccc(OCc2cc(-c3ccccc3)no2)cc1. The lowest BCUT2D eigenvalue weighted by atomic mass is 10.1. The fourth-order valence-corrected chi connectivity index (χ4v) is 4.37. The molecule has 2 heterocycles. The molecule has 1 unspecified atom stereocenters. The van der Waals surface area contributed by atoms with Crippen LogP contribution < -0.4 is 4.74 Å². The van der Waals surface area contributed by atoms with Gasteiger partial charge >= 0.3 is 5.97 Å². The zero-order chi connectivity index (χ0) is 20.1. The number of thioether (sulfide) groups is 1. The average Bonchev–Trinajstić information content (AvgIpc) is 3.43. The third kappa shape index (κ3) is 4.81. The molecule has 150 valence electrons. The van der Waals surface area contributed by atoms with Crippen LogP contribution in [-0.2, 0) is 22.7 Å². The second-order valence-corrected chi connectivity index (χ2v) is 7.76. The smallest absolute Gasteiger partial charge is 0.323 e. The van der Waals surface area contributed by atoms with Crippen LogP contribution in [0.5, 0.6) is 5.75 Å². The van der Waals surface area contributed by atoms with Crippen LogP contribution in [0.25, 0.3) is 11.3 Å². The lowest BCUT2D eigenvalue weighted by Crippen LogP contribution is -2.38. The van der Waals surface area contributed by atoms with Gasteiger partial charge in [-0.15, -0.1) is 11.8 Å². The molecule has 6 nitrogen and oxygen atoms in total. The first-order valence-electron chi connectivity index (χ1n) is 9.35. The fourth-order valence-electron chi connectivity index (χ4n) is 3.19. The van der Waals surface area contributed by atoms with Crippen molar-refractivity contribution in [2.45, 2.75) is 19.2 Å². The minimum Gasteiger partial charge on any atom is -0.486 e. The van der Waals surface area contributed by atoms with E-state index in [4.69, 9.17) is 14.0 Å². The van der Waals surface area contributed by atoms with Gasteiger partial charge in [-0.3, -0.25) is 9.69 Å². The van der Waals surface area contributed by atoms with Crippen LogP contribution in [0, 0.1) is 0 Å². The Morgan fingerprint density at radius 3 is 2.76 bits per heavy atom. The van der Waals surface area contributed by atoms with Crippen molar-refractivity contribution in [3.8, 4) is 17.0 Å². The van der Waals surface area contributed by atoms with Crippen LogP contribution in [0.3, 0.4) is 0 Å². The van der Waals surface area contributed by atoms with Crippen molar-refractivity contribution in [3.63, 3.8) is 0 Å². The van der Waals surface area contributed by atoms with Crippen LogP contribution in [0.2, 0.25) is 0 Å². The Morgan fingerprint density at radius 2 is 2.00 bits per heavy atom. The van der Waals surface area contributed by atoms with Gasteiger partial charge in [0, 0.05) is 29.8 Å². The molecule has 0 saturated carbocycles. The summed E-state index contributed by atoms with van der Waals surface area (Å²) in [5, 5.41) is 4.10. The van der Waals surface area contributed by atoms with E-state index >= 15 is 0 Å². The predicted octanol–water partition coefficient (Wildman–Crippen LogP) is 3.97. The number of nitrogens with zero attached hydrogens (tertiary/aromatic N) is 2. The summed E-state index contributed by atoms with van der Waals surface area (Å²) in [5.74, 6) is 2.86. The summed E-state index contributed by atoms with van der Waals surface area (Å²) in [6, 6.07) is 19.5. The number of aromatic nitrogens is 1. The molecule has 0 bridgehead atoms. The number of rotatable bonds is 7. The molecule has 2 aromatic carbocycles. The van der Waals surface area contributed by atoms with E-state index in [1.54, 1.807) is 11.8 Å². The van der Waals surface area contributed by atoms with Gasteiger partial charge in [-0.2, -0.15) is 0 Å². The quantitative estimate of drug-likeness (QED) is 0.546. The third-order valence-corrected chi connectivity index (χ3v) is 5.83. The van der Waals surface area contributed by atoms with E-state index in [2.05, 4.69) is 10.1 Å². The van der Waals surface area contributed by atoms with Crippen molar-refractivity contribution in [3.05, 3.63) is 72.0 Å². The normalized spacial score (nSPS) is 16.7. The summed E-state index contributed by atoms with van der Waals surface area (Å²) in [6.07, 6.45) is 0. The van der Waals surface area contributed by atoms with E-state index in [1.165, 1.54) is 7.11 Å². The van der Waals surface area contributed by atoms with Crippen molar-refractivity contribution >= 4 is 17.7 Å². The van der Waals surface area contributed by atoms with Crippen LogP contribution in [0.4, 0.5) is 0 Å². The standard InChI is InChI=1S/C22H22N2O4S/c1-26-22(25)21-14-29-15-24(21)12-16-7-9-18(10-8-16)27-13-19-11-20(23-28-19)17-5-3-2-4-6-17/h2-11,21H,12-15H2,1H3. The van der Waals surface area contributed by atoms with Crippen molar-refractivity contribution in [2.75, 3.05) is 18.7 Å². The molecule has 1 aliphatic rings. The highest BCUT2D eigenvalue weighted by Gasteiger charge is 2.31. The first kappa shape index (κ1) is 19.5. The topological polar surface area (TPSA) is 64.8 Å². The number of carbonyl (C=O) groups excluding carboxylic acids is 1. The van der Waals surface area contributed by atoms with Gasteiger partial charge in [-0.25, -0.2) is 0 Å². The van der Waals surface area contributed by atoms with Crippen LogP contribution in [-0.4, -0.2) is 40.8 Å². The Balaban J connectivity index is 1.32. The molecular weight excluding hydrogens is 388 g/mol. The highest BCUT2D eigenvalue weighted by molar-refractivity contribution is 7.99. The minimum atomic E-state index is -0.175. The fraction of sp³-hybridized carbons (Fsp3) is 0.273. The van der Waals surface area contributed by atoms with E-state index in [1.807, 2.05) is 60.7 Å². The van der Waals surface area contributed by atoms with Gasteiger partial charge in [-0.05, 0) is 17.7 Å². The number of methoxy groups -OCH3 is 1. The first-order valence-corrected chi connectivity index (χ1v) is 10.5. The van der Waals surface area contributed by atoms with Crippen LogP contribution >= 0.6 is 11.8 Å². The highest BCUT2D eigenvalue weighted by atomic mass is 32.2. The van der Waals surface area contributed by atoms with Gasteiger partial charge in [0.05, 0.1) is 7.11 Å². The summed E-state index contributed by atoms with van der Waals surface area (Å²) in [5.41, 5.74) is 2.93. The van der Waals surface area contributed by atoms with E-state index < -0.39 is 0 Å². The van der Waals surface area contributed by atoms with Crippen LogP contribution in [0.15, 0.2) is 65.2 Å². The Kier molecular flexibility index (Phi) is 6.17. The zero-order valence-electron chi connectivity index (χ0n) is 16.1.